The number of hydrogen-bond acceptors (Lipinski definition) is 3. The Labute approximate surface area is 160 Å². The Bertz CT molecular complexity index is 950. The fourth-order valence-corrected chi connectivity index (χ4v) is 2.83. The molecule has 3 rings (SSSR count). The predicted octanol–water partition coefficient (Wildman–Crippen LogP) is 3.96. The van der Waals surface area contributed by atoms with E-state index in [4.69, 9.17) is 0 Å². The van der Waals surface area contributed by atoms with E-state index in [2.05, 4.69) is 15.4 Å². The smallest absolute Gasteiger partial charge is 0.348 e. The van der Waals surface area contributed by atoms with E-state index in [1.54, 1.807) is 13.0 Å². The number of halogens is 3. The van der Waals surface area contributed by atoms with E-state index in [-0.39, 0.29) is 23.5 Å². The van der Waals surface area contributed by atoms with Gasteiger partial charge in [-0.1, -0.05) is 30.3 Å². The highest BCUT2D eigenvalue weighted by Crippen LogP contribution is 2.28. The molecule has 0 saturated carbocycles. The Morgan fingerprint density at radius 2 is 1.89 bits per heavy atom. The zero-order chi connectivity index (χ0) is 20.3. The summed E-state index contributed by atoms with van der Waals surface area (Å²) in [5.41, 5.74) is 0.999. The number of aryl methyl sites for hydroxylation is 1. The lowest BCUT2D eigenvalue weighted by Gasteiger charge is -2.15. The van der Waals surface area contributed by atoms with E-state index in [0.29, 0.717) is 12.1 Å². The van der Waals surface area contributed by atoms with Crippen molar-refractivity contribution in [2.75, 3.05) is 0 Å². The van der Waals surface area contributed by atoms with Gasteiger partial charge in [0.15, 0.2) is 5.82 Å². The van der Waals surface area contributed by atoms with Gasteiger partial charge in [0.2, 0.25) is 0 Å². The second kappa shape index (κ2) is 7.84. The summed E-state index contributed by atoms with van der Waals surface area (Å²) in [6.07, 6.45) is -3.09. The summed E-state index contributed by atoms with van der Waals surface area (Å²) >= 11 is 0. The maximum Gasteiger partial charge on any atom is 0.417 e. The number of nitrogens with one attached hydrogen (secondary N) is 1. The third kappa shape index (κ3) is 4.57. The Morgan fingerprint density at radius 1 is 1.18 bits per heavy atom. The van der Waals surface area contributed by atoms with Gasteiger partial charge >= 0.3 is 6.18 Å². The van der Waals surface area contributed by atoms with Crippen molar-refractivity contribution in [2.45, 2.75) is 32.5 Å². The van der Waals surface area contributed by atoms with Crippen molar-refractivity contribution in [1.29, 1.82) is 0 Å². The molecule has 0 spiro atoms. The number of hydrogen-bond donors (Lipinski definition) is 1. The summed E-state index contributed by atoms with van der Waals surface area (Å²) in [4.78, 5) is 16.5. The monoisotopic (exact) mass is 388 g/mol. The topological polar surface area (TPSA) is 59.8 Å². The van der Waals surface area contributed by atoms with Crippen molar-refractivity contribution in [2.24, 2.45) is 0 Å². The van der Waals surface area contributed by atoms with E-state index in [1.807, 2.05) is 37.3 Å². The quantitative estimate of drug-likeness (QED) is 0.720. The molecule has 1 atom stereocenters. The van der Waals surface area contributed by atoms with Gasteiger partial charge in [-0.15, -0.1) is 0 Å². The van der Waals surface area contributed by atoms with Crippen molar-refractivity contribution in [1.82, 2.24) is 20.1 Å². The van der Waals surface area contributed by atoms with Gasteiger partial charge in [0, 0.05) is 12.2 Å². The molecule has 0 saturated heterocycles. The van der Waals surface area contributed by atoms with E-state index in [9.17, 15) is 18.0 Å². The number of rotatable bonds is 5. The maximum atomic E-state index is 12.7. The number of amides is 1. The highest BCUT2D eigenvalue weighted by atomic mass is 19.4. The van der Waals surface area contributed by atoms with Crippen molar-refractivity contribution >= 4 is 5.91 Å². The first-order valence-corrected chi connectivity index (χ1v) is 8.69. The standard InChI is InChI=1S/C20H19F3N4O/c1-13(10-15-6-4-3-5-7-15)25-19(28)17-11-14(2)26-27(17)18-9-8-16(12-24-18)20(21,22)23/h3-9,11-13H,10H2,1-2H3,(H,25,28). The van der Waals surface area contributed by atoms with Crippen LogP contribution in [0.2, 0.25) is 0 Å². The van der Waals surface area contributed by atoms with E-state index in [0.717, 1.165) is 17.8 Å². The van der Waals surface area contributed by atoms with Gasteiger partial charge in [0.05, 0.1) is 11.3 Å². The third-order valence-electron chi connectivity index (χ3n) is 4.12. The molecular formula is C20H19F3N4O. The van der Waals surface area contributed by atoms with Gasteiger partial charge in [-0.25, -0.2) is 9.67 Å². The summed E-state index contributed by atoms with van der Waals surface area (Å²) in [5.74, 6) is -0.229. The zero-order valence-electron chi connectivity index (χ0n) is 15.4. The average molecular weight is 388 g/mol. The molecule has 2 aromatic heterocycles. The third-order valence-corrected chi connectivity index (χ3v) is 4.12. The molecule has 2 heterocycles. The number of alkyl halides is 3. The van der Waals surface area contributed by atoms with Crippen LogP contribution in [0.1, 0.15) is 34.2 Å². The minimum Gasteiger partial charge on any atom is -0.348 e. The molecule has 1 N–H and O–H groups in total. The Balaban J connectivity index is 1.78. The van der Waals surface area contributed by atoms with Gasteiger partial charge in [-0.3, -0.25) is 4.79 Å². The second-order valence-corrected chi connectivity index (χ2v) is 6.55. The van der Waals surface area contributed by atoms with Gasteiger partial charge in [-0.05, 0) is 44.0 Å². The summed E-state index contributed by atoms with van der Waals surface area (Å²) < 4.78 is 39.4. The van der Waals surface area contributed by atoms with E-state index >= 15 is 0 Å². The highest BCUT2D eigenvalue weighted by Gasteiger charge is 2.31. The van der Waals surface area contributed by atoms with Crippen molar-refractivity contribution in [3.8, 4) is 5.82 Å². The number of aromatic nitrogens is 3. The lowest BCUT2D eigenvalue weighted by molar-refractivity contribution is -0.137. The van der Waals surface area contributed by atoms with Crippen LogP contribution in [0.15, 0.2) is 54.7 Å². The molecule has 1 unspecified atom stereocenters. The molecule has 0 radical (unpaired) electrons. The SMILES string of the molecule is Cc1cc(C(=O)NC(C)Cc2ccccc2)n(-c2ccc(C(F)(F)F)cn2)n1. The minimum atomic E-state index is -4.47. The van der Waals surface area contributed by atoms with Gasteiger partial charge < -0.3 is 5.32 Å². The molecule has 0 bridgehead atoms. The second-order valence-electron chi connectivity index (χ2n) is 6.55. The number of pyridine rings is 1. The van der Waals surface area contributed by atoms with Crippen molar-refractivity contribution in [3.05, 3.63) is 77.2 Å². The van der Waals surface area contributed by atoms with Crippen LogP contribution < -0.4 is 5.32 Å². The molecule has 8 heteroatoms. The summed E-state index contributed by atoms with van der Waals surface area (Å²) in [5, 5.41) is 7.09. The Hall–Kier alpha value is -3.16. The number of carbonyl (C=O) groups excluding carboxylic acids is 1. The summed E-state index contributed by atoms with van der Waals surface area (Å²) in [6, 6.07) is 13.3. The van der Waals surface area contributed by atoms with E-state index < -0.39 is 11.7 Å². The van der Waals surface area contributed by atoms with E-state index in [1.165, 1.54) is 10.7 Å². The molecule has 1 aromatic carbocycles. The first kappa shape index (κ1) is 19.6. The maximum absolute atomic E-state index is 12.7. The van der Waals surface area contributed by atoms with Crippen LogP contribution in [0.4, 0.5) is 13.2 Å². The van der Waals surface area contributed by atoms with Gasteiger partial charge in [0.25, 0.3) is 5.91 Å². The molecule has 0 aliphatic rings. The first-order chi connectivity index (χ1) is 13.2. The Kier molecular flexibility index (Phi) is 5.48. The number of nitrogens with zero attached hydrogens (tertiary/aromatic N) is 3. The van der Waals surface area contributed by atoms with Gasteiger partial charge in [-0.2, -0.15) is 18.3 Å². The Morgan fingerprint density at radius 3 is 2.50 bits per heavy atom. The van der Waals surface area contributed by atoms with Crippen molar-refractivity contribution in [3.63, 3.8) is 0 Å². The van der Waals surface area contributed by atoms with Crippen LogP contribution in [-0.2, 0) is 12.6 Å². The predicted molar refractivity (Wildman–Crippen MR) is 98.2 cm³/mol. The molecule has 28 heavy (non-hydrogen) atoms. The largest absolute Gasteiger partial charge is 0.417 e. The zero-order valence-corrected chi connectivity index (χ0v) is 15.4. The van der Waals surface area contributed by atoms with Gasteiger partial charge in [0.1, 0.15) is 5.69 Å². The fraction of sp³-hybridized carbons (Fsp3) is 0.250. The summed E-state index contributed by atoms with van der Waals surface area (Å²) in [6.45, 7) is 3.58. The normalized spacial score (nSPS) is 12.6. The fourth-order valence-electron chi connectivity index (χ4n) is 2.83. The minimum absolute atomic E-state index is 0.140. The molecule has 0 aliphatic heterocycles. The molecule has 0 fully saturated rings. The lowest BCUT2D eigenvalue weighted by Crippen LogP contribution is -2.35. The average Bonchev–Trinajstić information content (AvgIpc) is 3.04. The lowest BCUT2D eigenvalue weighted by atomic mass is 10.1. The molecule has 5 nitrogen and oxygen atoms in total. The summed E-state index contributed by atoms with van der Waals surface area (Å²) in [7, 11) is 0. The van der Waals surface area contributed by atoms with Crippen LogP contribution in [-0.4, -0.2) is 26.7 Å². The molecule has 3 aromatic rings. The van der Waals surface area contributed by atoms with Crippen LogP contribution in [0, 0.1) is 6.92 Å². The van der Waals surface area contributed by atoms with Crippen LogP contribution >= 0.6 is 0 Å². The van der Waals surface area contributed by atoms with Crippen LogP contribution in [0.25, 0.3) is 5.82 Å². The van der Waals surface area contributed by atoms with Crippen molar-refractivity contribution < 1.29 is 18.0 Å². The van der Waals surface area contributed by atoms with Crippen LogP contribution in [0.5, 0.6) is 0 Å². The molecule has 146 valence electrons. The molecule has 0 aliphatic carbocycles. The molecule has 1 amide bonds. The van der Waals surface area contributed by atoms with Crippen LogP contribution in [0.3, 0.4) is 0 Å². The first-order valence-electron chi connectivity index (χ1n) is 8.69. The number of benzene rings is 1. The number of carbonyl (C=O) groups is 1. The highest BCUT2D eigenvalue weighted by molar-refractivity contribution is 5.93. The molecular weight excluding hydrogens is 369 g/mol.